The summed E-state index contributed by atoms with van der Waals surface area (Å²) in [6.45, 7) is 4.87. The van der Waals surface area contributed by atoms with Crippen LogP contribution in [0.3, 0.4) is 0 Å². The molecule has 0 atom stereocenters. The molecule has 3 aromatic rings. The highest BCUT2D eigenvalue weighted by Crippen LogP contribution is 2.36. The number of hydrogen-bond donors (Lipinski definition) is 2. The fourth-order valence-corrected chi connectivity index (χ4v) is 3.22. The van der Waals surface area contributed by atoms with Crippen molar-refractivity contribution in [1.82, 2.24) is 9.97 Å². The van der Waals surface area contributed by atoms with Gasteiger partial charge in [-0.15, -0.1) is 0 Å². The molecular formula is C21H21BrN4O3. The Hall–Kier alpha value is -3.13. The highest BCUT2D eigenvalue weighted by Gasteiger charge is 2.11. The molecule has 29 heavy (non-hydrogen) atoms. The minimum Gasteiger partial charge on any atom is -0.490 e. The molecule has 0 spiro atoms. The Balaban J connectivity index is 1.81. The summed E-state index contributed by atoms with van der Waals surface area (Å²) >= 11 is 3.50. The Morgan fingerprint density at radius 3 is 2.62 bits per heavy atom. The van der Waals surface area contributed by atoms with Crippen molar-refractivity contribution in [3.63, 3.8) is 0 Å². The number of H-pyrrole nitrogens is 1. The summed E-state index contributed by atoms with van der Waals surface area (Å²) < 4.78 is 12.1. The molecule has 0 aliphatic rings. The number of aromatic amines is 1. The van der Waals surface area contributed by atoms with Crippen molar-refractivity contribution in [2.24, 2.45) is 5.10 Å². The topological polar surface area (TPSA) is 88.6 Å². The SMILES string of the molecule is CCOc1cc(/C=N\Nc2nc(-c3ccccc3)cc(=O)[nH]2)cc(Br)c1OCC. The average molecular weight is 457 g/mol. The van der Waals surface area contributed by atoms with Crippen molar-refractivity contribution in [3.05, 3.63) is 68.9 Å². The van der Waals surface area contributed by atoms with E-state index in [1.165, 1.54) is 6.07 Å². The Morgan fingerprint density at radius 1 is 1.14 bits per heavy atom. The largest absolute Gasteiger partial charge is 0.490 e. The predicted molar refractivity (Wildman–Crippen MR) is 118 cm³/mol. The summed E-state index contributed by atoms with van der Waals surface area (Å²) in [6.07, 6.45) is 1.61. The minimum absolute atomic E-state index is 0.252. The molecule has 7 nitrogen and oxygen atoms in total. The summed E-state index contributed by atoms with van der Waals surface area (Å²) in [5.41, 5.74) is 4.71. The fraction of sp³-hybridized carbons (Fsp3) is 0.190. The van der Waals surface area contributed by atoms with E-state index in [0.29, 0.717) is 30.4 Å². The minimum atomic E-state index is -0.265. The highest BCUT2D eigenvalue weighted by atomic mass is 79.9. The molecule has 0 unspecified atom stereocenters. The molecule has 0 fully saturated rings. The van der Waals surface area contributed by atoms with Crippen molar-refractivity contribution in [1.29, 1.82) is 0 Å². The zero-order chi connectivity index (χ0) is 20.6. The molecule has 0 bridgehead atoms. The summed E-state index contributed by atoms with van der Waals surface area (Å²) in [6, 6.07) is 14.6. The molecule has 1 heterocycles. The van der Waals surface area contributed by atoms with Crippen LogP contribution in [0.25, 0.3) is 11.3 Å². The Morgan fingerprint density at radius 2 is 1.90 bits per heavy atom. The van der Waals surface area contributed by atoms with Gasteiger partial charge in [0.15, 0.2) is 11.5 Å². The zero-order valence-electron chi connectivity index (χ0n) is 16.1. The maximum atomic E-state index is 12.0. The molecule has 2 aromatic carbocycles. The lowest BCUT2D eigenvalue weighted by Crippen LogP contribution is -2.10. The number of nitrogens with zero attached hydrogens (tertiary/aromatic N) is 2. The standard InChI is InChI=1S/C21H21BrN4O3/c1-3-28-18-11-14(10-16(22)20(18)29-4-2)13-23-26-21-24-17(12-19(27)25-21)15-8-6-5-7-9-15/h5-13H,3-4H2,1-2H3,(H2,24,25,26,27)/b23-13-. The van der Waals surface area contributed by atoms with Crippen LogP contribution in [-0.2, 0) is 0 Å². The van der Waals surface area contributed by atoms with Gasteiger partial charge in [0, 0.05) is 11.6 Å². The Kier molecular flexibility index (Phi) is 7.02. The second-order valence-electron chi connectivity index (χ2n) is 5.91. The number of aromatic nitrogens is 2. The number of ether oxygens (including phenoxy) is 2. The molecule has 0 saturated heterocycles. The van der Waals surface area contributed by atoms with Crippen LogP contribution in [0.2, 0.25) is 0 Å². The van der Waals surface area contributed by atoms with Crippen LogP contribution in [0.5, 0.6) is 11.5 Å². The number of benzene rings is 2. The van der Waals surface area contributed by atoms with E-state index in [1.54, 1.807) is 6.21 Å². The monoisotopic (exact) mass is 456 g/mol. The van der Waals surface area contributed by atoms with Crippen molar-refractivity contribution >= 4 is 28.1 Å². The Labute approximate surface area is 176 Å². The lowest BCUT2D eigenvalue weighted by molar-refractivity contribution is 0.286. The van der Waals surface area contributed by atoms with E-state index in [0.717, 1.165) is 15.6 Å². The molecule has 0 aliphatic carbocycles. The second-order valence-corrected chi connectivity index (χ2v) is 6.77. The molecule has 0 saturated carbocycles. The van der Waals surface area contributed by atoms with Crippen molar-refractivity contribution < 1.29 is 9.47 Å². The first-order valence-corrected chi connectivity index (χ1v) is 9.95. The molecule has 0 aliphatic heterocycles. The molecule has 0 radical (unpaired) electrons. The number of rotatable bonds is 8. The average Bonchev–Trinajstić information content (AvgIpc) is 2.71. The second kappa shape index (κ2) is 9.88. The summed E-state index contributed by atoms with van der Waals surface area (Å²) in [5.74, 6) is 1.53. The first kappa shape index (κ1) is 20.6. The van der Waals surface area contributed by atoms with Gasteiger partial charge in [-0.25, -0.2) is 10.4 Å². The van der Waals surface area contributed by atoms with Crippen LogP contribution >= 0.6 is 15.9 Å². The highest BCUT2D eigenvalue weighted by molar-refractivity contribution is 9.10. The number of halogens is 1. The van der Waals surface area contributed by atoms with Gasteiger partial charge in [0.25, 0.3) is 5.56 Å². The normalized spacial score (nSPS) is 10.9. The smallest absolute Gasteiger partial charge is 0.252 e. The number of anilines is 1. The third kappa shape index (κ3) is 5.45. The predicted octanol–water partition coefficient (Wildman–Crippen LogP) is 4.44. The molecule has 1 aromatic heterocycles. The van der Waals surface area contributed by atoms with E-state index in [2.05, 4.69) is 36.4 Å². The van der Waals surface area contributed by atoms with Gasteiger partial charge in [0.2, 0.25) is 5.95 Å². The molecular weight excluding hydrogens is 436 g/mol. The molecule has 0 amide bonds. The van der Waals surface area contributed by atoms with Gasteiger partial charge in [0.05, 0.1) is 29.6 Å². The quantitative estimate of drug-likeness (QED) is 0.386. The van der Waals surface area contributed by atoms with Crippen LogP contribution < -0.4 is 20.5 Å². The maximum absolute atomic E-state index is 12.0. The van der Waals surface area contributed by atoms with Crippen molar-refractivity contribution in [2.75, 3.05) is 18.6 Å². The van der Waals surface area contributed by atoms with Crippen LogP contribution in [0, 0.1) is 0 Å². The number of nitrogens with one attached hydrogen (secondary N) is 2. The lowest BCUT2D eigenvalue weighted by Gasteiger charge is -2.13. The van der Waals surface area contributed by atoms with E-state index >= 15 is 0 Å². The third-order valence-corrected chi connectivity index (χ3v) is 4.40. The Bertz CT molecular complexity index is 1050. The fourth-order valence-electron chi connectivity index (χ4n) is 2.65. The maximum Gasteiger partial charge on any atom is 0.252 e. The van der Waals surface area contributed by atoms with E-state index < -0.39 is 0 Å². The van der Waals surface area contributed by atoms with E-state index in [9.17, 15) is 4.79 Å². The van der Waals surface area contributed by atoms with E-state index in [1.807, 2.05) is 56.3 Å². The number of hydrazone groups is 1. The van der Waals surface area contributed by atoms with Gasteiger partial charge in [-0.05, 0) is 47.5 Å². The number of hydrogen-bond acceptors (Lipinski definition) is 6. The van der Waals surface area contributed by atoms with Crippen molar-refractivity contribution in [2.45, 2.75) is 13.8 Å². The molecule has 3 rings (SSSR count). The lowest BCUT2D eigenvalue weighted by atomic mass is 10.1. The summed E-state index contributed by atoms with van der Waals surface area (Å²) in [4.78, 5) is 19.0. The first-order valence-electron chi connectivity index (χ1n) is 9.15. The third-order valence-electron chi connectivity index (χ3n) is 3.82. The molecule has 8 heteroatoms. The zero-order valence-corrected chi connectivity index (χ0v) is 17.7. The van der Waals surface area contributed by atoms with Gasteiger partial charge in [-0.1, -0.05) is 30.3 Å². The van der Waals surface area contributed by atoms with Gasteiger partial charge in [-0.3, -0.25) is 9.78 Å². The van der Waals surface area contributed by atoms with Gasteiger partial charge in [0.1, 0.15) is 0 Å². The first-order chi connectivity index (χ1) is 14.1. The molecule has 2 N–H and O–H groups in total. The van der Waals surface area contributed by atoms with Crippen LogP contribution in [0.15, 0.2) is 62.9 Å². The van der Waals surface area contributed by atoms with Crippen LogP contribution in [0.1, 0.15) is 19.4 Å². The van der Waals surface area contributed by atoms with Crippen molar-refractivity contribution in [3.8, 4) is 22.8 Å². The van der Waals surface area contributed by atoms with Crippen LogP contribution in [0.4, 0.5) is 5.95 Å². The van der Waals surface area contributed by atoms with E-state index in [-0.39, 0.29) is 11.5 Å². The van der Waals surface area contributed by atoms with E-state index in [4.69, 9.17) is 9.47 Å². The summed E-state index contributed by atoms with van der Waals surface area (Å²) in [5, 5.41) is 4.18. The van der Waals surface area contributed by atoms with Gasteiger partial charge >= 0.3 is 0 Å². The molecule has 150 valence electrons. The van der Waals surface area contributed by atoms with Gasteiger partial charge in [-0.2, -0.15) is 5.10 Å². The van der Waals surface area contributed by atoms with Crippen LogP contribution in [-0.4, -0.2) is 29.4 Å². The van der Waals surface area contributed by atoms with Gasteiger partial charge < -0.3 is 9.47 Å². The summed E-state index contributed by atoms with van der Waals surface area (Å²) in [7, 11) is 0.